The van der Waals surface area contributed by atoms with Crippen LogP contribution in [0.1, 0.15) is 44.7 Å². The zero-order valence-electron chi connectivity index (χ0n) is 11.0. The average molecular weight is 286 g/mol. The molecule has 0 radical (unpaired) electrons. The molecular formula is C15H21Cl2N. The monoisotopic (exact) mass is 285 g/mol. The van der Waals surface area contributed by atoms with Gasteiger partial charge in [-0.1, -0.05) is 36.5 Å². The second-order valence-electron chi connectivity index (χ2n) is 5.58. The molecule has 18 heavy (non-hydrogen) atoms. The Hall–Kier alpha value is -0.240. The molecule has 0 amide bonds. The molecule has 2 rings (SSSR count). The van der Waals surface area contributed by atoms with Gasteiger partial charge in [0.2, 0.25) is 0 Å². The molecule has 1 aromatic carbocycles. The molecule has 1 aromatic rings. The SMILES string of the molecule is CC1CCC(CNC(C)c2cc(Cl)ccc2Cl)C1. The van der Waals surface area contributed by atoms with Gasteiger partial charge in [-0.15, -0.1) is 0 Å². The van der Waals surface area contributed by atoms with Gasteiger partial charge in [0, 0.05) is 16.1 Å². The van der Waals surface area contributed by atoms with Gasteiger partial charge in [0.25, 0.3) is 0 Å². The van der Waals surface area contributed by atoms with E-state index < -0.39 is 0 Å². The lowest BCUT2D eigenvalue weighted by Gasteiger charge is -2.19. The van der Waals surface area contributed by atoms with Crippen LogP contribution in [0.2, 0.25) is 10.0 Å². The molecule has 3 atom stereocenters. The predicted octanol–water partition coefficient (Wildman–Crippen LogP) is 5.08. The summed E-state index contributed by atoms with van der Waals surface area (Å²) in [5.41, 5.74) is 1.09. The molecule has 3 heteroatoms. The zero-order valence-corrected chi connectivity index (χ0v) is 12.6. The van der Waals surface area contributed by atoms with Gasteiger partial charge >= 0.3 is 0 Å². The number of rotatable bonds is 4. The standard InChI is InChI=1S/C15H21Cl2N/c1-10-3-4-12(7-10)9-18-11(2)14-8-13(16)5-6-15(14)17/h5-6,8,10-12,18H,3-4,7,9H2,1-2H3. The normalized spacial score (nSPS) is 25.3. The van der Waals surface area contributed by atoms with Crippen LogP contribution in [0, 0.1) is 11.8 Å². The van der Waals surface area contributed by atoms with E-state index in [-0.39, 0.29) is 6.04 Å². The van der Waals surface area contributed by atoms with Crippen molar-refractivity contribution >= 4 is 23.2 Å². The molecule has 0 heterocycles. The maximum Gasteiger partial charge on any atom is 0.0454 e. The number of halogens is 2. The van der Waals surface area contributed by atoms with Crippen molar-refractivity contribution in [2.75, 3.05) is 6.54 Å². The maximum atomic E-state index is 6.21. The molecule has 100 valence electrons. The van der Waals surface area contributed by atoms with E-state index in [0.29, 0.717) is 0 Å². The fourth-order valence-corrected chi connectivity index (χ4v) is 3.27. The van der Waals surface area contributed by atoms with Crippen LogP contribution in [0.25, 0.3) is 0 Å². The molecule has 0 bridgehead atoms. The van der Waals surface area contributed by atoms with Gasteiger partial charge in [0.1, 0.15) is 0 Å². The van der Waals surface area contributed by atoms with Crippen molar-refractivity contribution in [3.8, 4) is 0 Å². The van der Waals surface area contributed by atoms with Crippen molar-refractivity contribution in [3.05, 3.63) is 33.8 Å². The first-order chi connectivity index (χ1) is 8.56. The molecule has 1 aliphatic rings. The van der Waals surface area contributed by atoms with Gasteiger partial charge < -0.3 is 5.32 Å². The smallest absolute Gasteiger partial charge is 0.0454 e. The van der Waals surface area contributed by atoms with Gasteiger partial charge in [-0.2, -0.15) is 0 Å². The Labute approximate surface area is 120 Å². The molecule has 1 fully saturated rings. The summed E-state index contributed by atoms with van der Waals surface area (Å²) in [4.78, 5) is 0. The summed E-state index contributed by atoms with van der Waals surface area (Å²) >= 11 is 12.2. The summed E-state index contributed by atoms with van der Waals surface area (Å²) in [6, 6.07) is 5.92. The Kier molecular flexibility index (Phi) is 4.94. The number of nitrogens with one attached hydrogen (secondary N) is 1. The first-order valence-electron chi connectivity index (χ1n) is 6.74. The lowest BCUT2D eigenvalue weighted by atomic mass is 10.0. The maximum absolute atomic E-state index is 6.21. The summed E-state index contributed by atoms with van der Waals surface area (Å²) in [6.45, 7) is 5.57. The van der Waals surface area contributed by atoms with Gasteiger partial charge in [-0.3, -0.25) is 0 Å². The van der Waals surface area contributed by atoms with Crippen molar-refractivity contribution in [1.29, 1.82) is 0 Å². The fourth-order valence-electron chi connectivity index (χ4n) is 2.81. The van der Waals surface area contributed by atoms with E-state index in [0.717, 1.165) is 34.0 Å². The van der Waals surface area contributed by atoms with Crippen LogP contribution in [0.4, 0.5) is 0 Å². The molecule has 0 aliphatic heterocycles. The third-order valence-corrected chi connectivity index (χ3v) is 4.52. The Morgan fingerprint density at radius 3 is 2.78 bits per heavy atom. The molecule has 0 spiro atoms. The van der Waals surface area contributed by atoms with E-state index >= 15 is 0 Å². The number of hydrogen-bond donors (Lipinski definition) is 1. The van der Waals surface area contributed by atoms with Crippen LogP contribution in [-0.4, -0.2) is 6.54 Å². The molecule has 1 aliphatic carbocycles. The molecule has 0 aromatic heterocycles. The minimum atomic E-state index is 0.257. The van der Waals surface area contributed by atoms with Crippen LogP contribution in [0.5, 0.6) is 0 Å². The summed E-state index contributed by atoms with van der Waals surface area (Å²) in [6.07, 6.45) is 4.08. The number of benzene rings is 1. The zero-order chi connectivity index (χ0) is 13.1. The molecule has 1 saturated carbocycles. The lowest BCUT2D eigenvalue weighted by molar-refractivity contribution is 0.440. The van der Waals surface area contributed by atoms with E-state index in [1.807, 2.05) is 18.2 Å². The van der Waals surface area contributed by atoms with E-state index in [4.69, 9.17) is 23.2 Å². The van der Waals surface area contributed by atoms with Crippen molar-refractivity contribution in [3.63, 3.8) is 0 Å². The van der Waals surface area contributed by atoms with Crippen LogP contribution in [-0.2, 0) is 0 Å². The first-order valence-corrected chi connectivity index (χ1v) is 7.50. The highest BCUT2D eigenvalue weighted by Crippen LogP contribution is 2.31. The van der Waals surface area contributed by atoms with Gasteiger partial charge in [-0.05, 0) is 61.9 Å². The van der Waals surface area contributed by atoms with Crippen molar-refractivity contribution in [2.24, 2.45) is 11.8 Å². The Morgan fingerprint density at radius 1 is 1.33 bits per heavy atom. The second-order valence-corrected chi connectivity index (χ2v) is 6.42. The van der Waals surface area contributed by atoms with Gasteiger partial charge in [0.15, 0.2) is 0 Å². The molecule has 3 unspecified atom stereocenters. The lowest BCUT2D eigenvalue weighted by Crippen LogP contribution is -2.24. The van der Waals surface area contributed by atoms with E-state index in [1.54, 1.807) is 0 Å². The number of hydrogen-bond acceptors (Lipinski definition) is 1. The quantitative estimate of drug-likeness (QED) is 0.813. The summed E-state index contributed by atoms with van der Waals surface area (Å²) in [7, 11) is 0. The largest absolute Gasteiger partial charge is 0.310 e. The highest BCUT2D eigenvalue weighted by Gasteiger charge is 2.21. The van der Waals surface area contributed by atoms with E-state index in [1.165, 1.54) is 19.3 Å². The van der Waals surface area contributed by atoms with Crippen LogP contribution < -0.4 is 5.32 Å². The Morgan fingerprint density at radius 2 is 2.11 bits per heavy atom. The van der Waals surface area contributed by atoms with Crippen molar-refractivity contribution in [1.82, 2.24) is 5.32 Å². The molecule has 1 nitrogen and oxygen atoms in total. The predicted molar refractivity (Wildman–Crippen MR) is 79.4 cm³/mol. The second kappa shape index (κ2) is 6.27. The Bertz CT molecular complexity index is 405. The molecular weight excluding hydrogens is 265 g/mol. The highest BCUT2D eigenvalue weighted by molar-refractivity contribution is 6.33. The van der Waals surface area contributed by atoms with Crippen molar-refractivity contribution < 1.29 is 0 Å². The van der Waals surface area contributed by atoms with Crippen molar-refractivity contribution in [2.45, 2.75) is 39.2 Å². The summed E-state index contributed by atoms with van der Waals surface area (Å²) in [5, 5.41) is 5.12. The van der Waals surface area contributed by atoms with E-state index in [9.17, 15) is 0 Å². The average Bonchev–Trinajstić information content (AvgIpc) is 2.75. The fraction of sp³-hybridized carbons (Fsp3) is 0.600. The third kappa shape index (κ3) is 3.63. The molecule has 0 saturated heterocycles. The minimum absolute atomic E-state index is 0.257. The van der Waals surface area contributed by atoms with Gasteiger partial charge in [0.05, 0.1) is 0 Å². The van der Waals surface area contributed by atoms with Gasteiger partial charge in [-0.25, -0.2) is 0 Å². The van der Waals surface area contributed by atoms with Crippen LogP contribution in [0.15, 0.2) is 18.2 Å². The summed E-state index contributed by atoms with van der Waals surface area (Å²) in [5.74, 6) is 1.71. The van der Waals surface area contributed by atoms with Crippen LogP contribution in [0.3, 0.4) is 0 Å². The third-order valence-electron chi connectivity index (χ3n) is 3.94. The van der Waals surface area contributed by atoms with E-state index in [2.05, 4.69) is 19.2 Å². The topological polar surface area (TPSA) is 12.0 Å². The first kappa shape index (κ1) is 14.2. The minimum Gasteiger partial charge on any atom is -0.310 e. The molecule has 1 N–H and O–H groups in total. The highest BCUT2D eigenvalue weighted by atomic mass is 35.5. The Balaban J connectivity index is 1.91. The summed E-state index contributed by atoms with van der Waals surface area (Å²) < 4.78 is 0. The van der Waals surface area contributed by atoms with Crippen LogP contribution >= 0.6 is 23.2 Å².